The third-order valence-electron chi connectivity index (χ3n) is 6.33. The molecule has 0 radical (unpaired) electrons. The molecule has 1 N–H and O–H groups in total. The molecule has 1 atom stereocenters. The Morgan fingerprint density at radius 3 is 2.37 bits per heavy atom. The van der Waals surface area contributed by atoms with Crippen LogP contribution >= 0.6 is 23.2 Å². The summed E-state index contributed by atoms with van der Waals surface area (Å²) in [6, 6.07) is 15.5. The second kappa shape index (κ2) is 10.7. The molecule has 0 aromatic heterocycles. The van der Waals surface area contributed by atoms with E-state index in [0.29, 0.717) is 33.4 Å². The van der Waals surface area contributed by atoms with Crippen LogP contribution < -0.4 is 10.2 Å². The lowest BCUT2D eigenvalue weighted by Crippen LogP contribution is -2.51. The van der Waals surface area contributed by atoms with Crippen molar-refractivity contribution in [3.63, 3.8) is 0 Å². The third kappa shape index (κ3) is 5.00. The molecule has 3 amide bonds. The first-order chi connectivity index (χ1) is 16.8. The van der Waals surface area contributed by atoms with Crippen molar-refractivity contribution in [3.8, 4) is 0 Å². The summed E-state index contributed by atoms with van der Waals surface area (Å²) >= 11 is 12.8. The number of hydrogen-bond donors (Lipinski definition) is 1. The molecule has 0 spiro atoms. The maximum atomic E-state index is 13.7. The Morgan fingerprint density at radius 2 is 1.69 bits per heavy atom. The van der Waals surface area contributed by atoms with Gasteiger partial charge in [-0.25, -0.2) is 0 Å². The highest BCUT2D eigenvalue weighted by molar-refractivity contribution is 6.36. The normalized spacial score (nSPS) is 13.3. The molecule has 35 heavy (non-hydrogen) atoms. The minimum atomic E-state index is -0.789. The zero-order chi connectivity index (χ0) is 25.1. The zero-order valence-electron chi connectivity index (χ0n) is 19.7. The van der Waals surface area contributed by atoms with E-state index < -0.39 is 6.04 Å². The summed E-state index contributed by atoms with van der Waals surface area (Å²) < 4.78 is 0. The number of carbonyl (C=O) groups excluding carboxylic acids is 3. The molecule has 1 aliphatic rings. The fourth-order valence-corrected chi connectivity index (χ4v) is 4.85. The van der Waals surface area contributed by atoms with Crippen molar-refractivity contribution in [3.05, 3.63) is 75.8 Å². The number of carbonyl (C=O) groups is 3. The molecule has 0 unspecified atom stereocenters. The summed E-state index contributed by atoms with van der Waals surface area (Å²) in [6.07, 6.45) is 1.78. The van der Waals surface area contributed by atoms with Crippen molar-refractivity contribution in [2.75, 3.05) is 18.0 Å². The van der Waals surface area contributed by atoms with Crippen LogP contribution in [0, 0.1) is 0 Å². The van der Waals surface area contributed by atoms with Gasteiger partial charge in [0.05, 0.1) is 5.69 Å². The van der Waals surface area contributed by atoms with Crippen molar-refractivity contribution < 1.29 is 14.4 Å². The molecule has 0 fully saturated rings. The van der Waals surface area contributed by atoms with E-state index in [1.54, 1.807) is 31.2 Å². The molecule has 4 rings (SSSR count). The van der Waals surface area contributed by atoms with Gasteiger partial charge in [-0.2, -0.15) is 0 Å². The lowest BCUT2D eigenvalue weighted by Gasteiger charge is -2.31. The first-order valence-electron chi connectivity index (χ1n) is 11.7. The average molecular weight is 512 g/mol. The number of rotatable bonds is 9. The lowest BCUT2D eigenvalue weighted by molar-refractivity contribution is -0.139. The number of anilines is 1. The zero-order valence-corrected chi connectivity index (χ0v) is 21.2. The molecule has 6 nitrogen and oxygen atoms in total. The van der Waals surface area contributed by atoms with Crippen LogP contribution in [0.5, 0.6) is 0 Å². The van der Waals surface area contributed by atoms with Crippen LogP contribution in [-0.2, 0) is 16.1 Å². The number of halogens is 2. The van der Waals surface area contributed by atoms with E-state index in [1.807, 2.05) is 37.3 Å². The molecule has 182 valence electrons. The van der Waals surface area contributed by atoms with Gasteiger partial charge in [-0.3, -0.25) is 19.3 Å². The number of nitrogens with zero attached hydrogens (tertiary/aromatic N) is 2. The van der Waals surface area contributed by atoms with E-state index >= 15 is 0 Å². The van der Waals surface area contributed by atoms with Crippen LogP contribution in [0.15, 0.2) is 54.6 Å². The average Bonchev–Trinajstić information content (AvgIpc) is 3.11. The molecule has 3 aromatic rings. The molecule has 0 aliphatic carbocycles. The third-order valence-corrected chi connectivity index (χ3v) is 7.04. The second-order valence-electron chi connectivity index (χ2n) is 8.61. The van der Waals surface area contributed by atoms with Gasteiger partial charge in [0.15, 0.2) is 0 Å². The number of hydrogen-bond acceptors (Lipinski definition) is 3. The van der Waals surface area contributed by atoms with Gasteiger partial charge in [0.1, 0.15) is 12.6 Å². The topological polar surface area (TPSA) is 69.7 Å². The molecule has 8 heteroatoms. The summed E-state index contributed by atoms with van der Waals surface area (Å²) in [6.45, 7) is 4.07. The van der Waals surface area contributed by atoms with Crippen molar-refractivity contribution in [1.29, 1.82) is 0 Å². The maximum absolute atomic E-state index is 13.7. The molecule has 1 heterocycles. The first-order valence-corrected chi connectivity index (χ1v) is 12.4. The van der Waals surface area contributed by atoms with E-state index in [0.717, 1.165) is 23.6 Å². The highest BCUT2D eigenvalue weighted by atomic mass is 35.5. The predicted octanol–water partition coefficient (Wildman–Crippen LogP) is 5.44. The Labute approximate surface area is 214 Å². The first kappa shape index (κ1) is 25.0. The number of amides is 3. The fourth-order valence-electron chi connectivity index (χ4n) is 4.33. The van der Waals surface area contributed by atoms with Gasteiger partial charge in [-0.1, -0.05) is 66.9 Å². The van der Waals surface area contributed by atoms with Gasteiger partial charge in [-0.05, 0) is 43.0 Å². The van der Waals surface area contributed by atoms with Crippen LogP contribution in [0.3, 0.4) is 0 Å². The Hall–Kier alpha value is -3.09. The van der Waals surface area contributed by atoms with Gasteiger partial charge in [-0.15, -0.1) is 0 Å². The van der Waals surface area contributed by atoms with E-state index in [2.05, 4.69) is 5.32 Å². The minimum absolute atomic E-state index is 0.0406. The van der Waals surface area contributed by atoms with Crippen molar-refractivity contribution in [2.24, 2.45) is 0 Å². The molecule has 0 saturated carbocycles. The Kier molecular flexibility index (Phi) is 7.63. The Morgan fingerprint density at radius 1 is 1.03 bits per heavy atom. The van der Waals surface area contributed by atoms with E-state index in [-0.39, 0.29) is 30.8 Å². The monoisotopic (exact) mass is 511 g/mol. The highest BCUT2D eigenvalue weighted by Crippen LogP contribution is 2.37. The summed E-state index contributed by atoms with van der Waals surface area (Å²) in [5.74, 6) is -0.883. The van der Waals surface area contributed by atoms with Crippen LogP contribution in [0.4, 0.5) is 5.69 Å². The van der Waals surface area contributed by atoms with Crippen LogP contribution in [0.1, 0.15) is 42.6 Å². The fraction of sp³-hybridized carbons (Fsp3) is 0.296. The van der Waals surface area contributed by atoms with Gasteiger partial charge < -0.3 is 10.2 Å². The summed E-state index contributed by atoms with van der Waals surface area (Å²) in [5, 5.41) is 5.47. The molecular weight excluding hydrogens is 485 g/mol. The van der Waals surface area contributed by atoms with Gasteiger partial charge >= 0.3 is 0 Å². The van der Waals surface area contributed by atoms with E-state index in [1.165, 1.54) is 9.80 Å². The highest BCUT2D eigenvalue weighted by Gasteiger charge is 2.34. The largest absolute Gasteiger partial charge is 0.354 e. The molecular formula is C27H27Cl2N3O3. The molecule has 0 saturated heterocycles. The molecule has 0 bridgehead atoms. The number of unbranched alkanes of at least 4 members (excludes halogenated alkanes) is 1. The Balaban J connectivity index is 1.63. The van der Waals surface area contributed by atoms with Crippen molar-refractivity contribution >= 4 is 57.4 Å². The smallest absolute Gasteiger partial charge is 0.259 e. The van der Waals surface area contributed by atoms with Crippen molar-refractivity contribution in [2.45, 2.75) is 39.3 Å². The number of benzene rings is 3. The quantitative estimate of drug-likeness (QED) is 0.388. The SMILES string of the molecule is CCCCNC(=O)[C@@H](C)N(Cc1c(Cl)cccc1Cl)C(=O)CN1C(=O)c2cccc3cccc1c23. The van der Waals surface area contributed by atoms with E-state index in [9.17, 15) is 14.4 Å². The van der Waals surface area contributed by atoms with Crippen LogP contribution in [0.25, 0.3) is 10.8 Å². The molecule has 3 aromatic carbocycles. The standard InChI is InChI=1S/C27H27Cl2N3O3/c1-3-4-14-30-26(34)17(2)31(15-20-21(28)11-7-12-22(20)29)24(33)16-32-23-13-6-9-18-8-5-10-19(25(18)23)27(32)35/h5-13,17H,3-4,14-16H2,1-2H3,(H,30,34)/t17-/m1/s1. The van der Waals surface area contributed by atoms with Crippen LogP contribution in [0.2, 0.25) is 10.0 Å². The van der Waals surface area contributed by atoms with E-state index in [4.69, 9.17) is 23.2 Å². The second-order valence-corrected chi connectivity index (χ2v) is 9.43. The lowest BCUT2D eigenvalue weighted by atomic mass is 10.1. The Bertz CT molecular complexity index is 1270. The maximum Gasteiger partial charge on any atom is 0.259 e. The van der Waals surface area contributed by atoms with Gasteiger partial charge in [0, 0.05) is 39.6 Å². The predicted molar refractivity (Wildman–Crippen MR) is 140 cm³/mol. The number of nitrogens with one attached hydrogen (secondary N) is 1. The van der Waals surface area contributed by atoms with Crippen LogP contribution in [-0.4, -0.2) is 41.8 Å². The molecule has 1 aliphatic heterocycles. The summed E-state index contributed by atoms with van der Waals surface area (Å²) in [7, 11) is 0. The van der Waals surface area contributed by atoms with Gasteiger partial charge in [0.25, 0.3) is 5.91 Å². The van der Waals surface area contributed by atoms with Gasteiger partial charge in [0.2, 0.25) is 11.8 Å². The minimum Gasteiger partial charge on any atom is -0.354 e. The summed E-state index contributed by atoms with van der Waals surface area (Å²) in [4.78, 5) is 42.7. The summed E-state index contributed by atoms with van der Waals surface area (Å²) in [5.41, 5.74) is 1.81. The van der Waals surface area contributed by atoms with Crippen molar-refractivity contribution in [1.82, 2.24) is 10.2 Å².